The number of nitriles is 2. The van der Waals surface area contributed by atoms with E-state index in [9.17, 15) is 20.1 Å². The largest absolute Gasteiger partial charge is 0.377 e. The normalized spacial score (nSPS) is 19.0. The zero-order valence-corrected chi connectivity index (χ0v) is 17.8. The molecule has 0 aromatic carbocycles. The molecule has 2 aromatic rings. The lowest BCUT2D eigenvalue weighted by Gasteiger charge is -2.33. The van der Waals surface area contributed by atoms with E-state index in [1.165, 1.54) is 18.6 Å². The molecule has 1 amide bonds. The van der Waals surface area contributed by atoms with Crippen LogP contribution in [0.25, 0.3) is 11.3 Å². The molecule has 0 spiro atoms. The smallest absolute Gasteiger partial charge is 0.228 e. The quantitative estimate of drug-likeness (QED) is 0.560. The van der Waals surface area contributed by atoms with Crippen molar-refractivity contribution in [3.05, 3.63) is 30.4 Å². The standard InChI is InChI=1S/C22H22N8O3/c23-6-17-13-33-4-3-30(17)11-16(12-31)28-18-5-15(8-25-19(18)7-24)20-9-27-21(10-26-20)29-22(32)14-1-2-14/h5,8-10,12,14,16-17,28H,1-4,11,13H2,(H,27,29,32)/t16-,17-/m0/s1. The zero-order valence-electron chi connectivity index (χ0n) is 17.8. The average Bonchev–Trinajstić information content (AvgIpc) is 3.70. The van der Waals surface area contributed by atoms with Crippen LogP contribution < -0.4 is 10.6 Å². The highest BCUT2D eigenvalue weighted by Gasteiger charge is 2.30. The highest BCUT2D eigenvalue weighted by molar-refractivity contribution is 5.93. The first kappa shape index (κ1) is 22.3. The van der Waals surface area contributed by atoms with E-state index in [1.54, 1.807) is 6.07 Å². The highest BCUT2D eigenvalue weighted by atomic mass is 16.5. The summed E-state index contributed by atoms with van der Waals surface area (Å²) < 4.78 is 5.32. The van der Waals surface area contributed by atoms with Crippen molar-refractivity contribution in [3.63, 3.8) is 0 Å². The molecular formula is C22H22N8O3. The third-order valence-corrected chi connectivity index (χ3v) is 5.47. The van der Waals surface area contributed by atoms with Gasteiger partial charge in [0.1, 0.15) is 18.4 Å². The first-order valence-corrected chi connectivity index (χ1v) is 10.6. The van der Waals surface area contributed by atoms with Crippen LogP contribution in [0.15, 0.2) is 24.7 Å². The van der Waals surface area contributed by atoms with E-state index in [0.717, 1.165) is 19.1 Å². The molecule has 0 radical (unpaired) electrons. The fourth-order valence-corrected chi connectivity index (χ4v) is 3.47. The van der Waals surface area contributed by atoms with Gasteiger partial charge in [0.05, 0.1) is 49.1 Å². The van der Waals surface area contributed by atoms with E-state index >= 15 is 0 Å². The van der Waals surface area contributed by atoms with Crippen molar-refractivity contribution >= 4 is 23.7 Å². The number of aromatic nitrogens is 3. The van der Waals surface area contributed by atoms with Crippen LogP contribution in [0.2, 0.25) is 0 Å². The molecule has 0 unspecified atom stereocenters. The number of hydrogen-bond donors (Lipinski definition) is 2. The van der Waals surface area contributed by atoms with Gasteiger partial charge < -0.3 is 20.2 Å². The molecule has 11 heteroatoms. The number of anilines is 2. The van der Waals surface area contributed by atoms with Gasteiger partial charge in [-0.3, -0.25) is 14.7 Å². The molecule has 1 aliphatic carbocycles. The lowest BCUT2D eigenvalue weighted by atomic mass is 10.1. The molecule has 1 saturated carbocycles. The van der Waals surface area contributed by atoms with Crippen LogP contribution >= 0.6 is 0 Å². The lowest BCUT2D eigenvalue weighted by Crippen LogP contribution is -2.49. The molecular weight excluding hydrogens is 424 g/mol. The molecule has 1 aliphatic heterocycles. The Labute approximate surface area is 190 Å². The van der Waals surface area contributed by atoms with E-state index in [1.807, 2.05) is 11.0 Å². The van der Waals surface area contributed by atoms with Gasteiger partial charge in [-0.1, -0.05) is 0 Å². The molecule has 4 rings (SSSR count). The molecule has 2 atom stereocenters. The predicted molar refractivity (Wildman–Crippen MR) is 117 cm³/mol. The summed E-state index contributed by atoms with van der Waals surface area (Å²) in [5.74, 6) is 0.381. The second-order valence-electron chi connectivity index (χ2n) is 7.88. The van der Waals surface area contributed by atoms with Crippen LogP contribution in [-0.4, -0.2) is 70.4 Å². The number of carbonyl (C=O) groups excluding carboxylic acids is 2. The number of morpholine rings is 1. The summed E-state index contributed by atoms with van der Waals surface area (Å²) in [4.78, 5) is 38.2. The van der Waals surface area contributed by atoms with Crippen LogP contribution in [-0.2, 0) is 14.3 Å². The van der Waals surface area contributed by atoms with Crippen LogP contribution in [0, 0.1) is 28.6 Å². The summed E-state index contributed by atoms with van der Waals surface area (Å²) in [5.41, 5.74) is 1.60. The Morgan fingerprint density at radius 3 is 2.79 bits per heavy atom. The minimum atomic E-state index is -0.658. The SMILES string of the molecule is N#Cc1ncc(-c2cnc(NC(=O)C3CC3)cn2)cc1N[C@H](C=O)CN1CCOC[C@@H]1C#N. The van der Waals surface area contributed by atoms with Gasteiger partial charge in [0.15, 0.2) is 11.5 Å². The van der Waals surface area contributed by atoms with Crippen molar-refractivity contribution in [2.24, 2.45) is 5.92 Å². The molecule has 33 heavy (non-hydrogen) atoms. The Hall–Kier alpha value is -3.93. The van der Waals surface area contributed by atoms with Gasteiger partial charge >= 0.3 is 0 Å². The number of amides is 1. The maximum Gasteiger partial charge on any atom is 0.228 e. The molecule has 1 saturated heterocycles. The minimum absolute atomic E-state index is 0.0533. The first-order chi connectivity index (χ1) is 16.1. The fraction of sp³-hybridized carbons (Fsp3) is 0.409. The van der Waals surface area contributed by atoms with E-state index in [0.29, 0.717) is 42.5 Å². The van der Waals surface area contributed by atoms with Gasteiger partial charge in [-0.15, -0.1) is 0 Å². The lowest BCUT2D eigenvalue weighted by molar-refractivity contribution is -0.117. The molecule has 2 aromatic heterocycles. The maximum atomic E-state index is 11.9. The number of nitrogens with zero attached hydrogens (tertiary/aromatic N) is 6. The van der Waals surface area contributed by atoms with Crippen LogP contribution in [0.1, 0.15) is 18.5 Å². The van der Waals surface area contributed by atoms with Crippen molar-refractivity contribution in [2.75, 3.05) is 36.9 Å². The molecule has 168 valence electrons. The average molecular weight is 446 g/mol. The Bertz CT molecular complexity index is 1100. The molecule has 3 heterocycles. The number of nitrogens with one attached hydrogen (secondary N) is 2. The molecule has 2 N–H and O–H groups in total. The summed E-state index contributed by atoms with van der Waals surface area (Å²) in [6.45, 7) is 1.60. The number of rotatable bonds is 8. The van der Waals surface area contributed by atoms with Gasteiger partial charge in [-0.25, -0.2) is 9.97 Å². The number of ether oxygens (including phenoxy) is 1. The zero-order chi connectivity index (χ0) is 23.2. The summed E-state index contributed by atoms with van der Waals surface area (Å²) in [6, 6.07) is 4.78. The summed E-state index contributed by atoms with van der Waals surface area (Å²) in [5, 5.41) is 24.6. The Morgan fingerprint density at radius 1 is 1.27 bits per heavy atom. The van der Waals surface area contributed by atoms with Crippen molar-refractivity contribution in [1.29, 1.82) is 10.5 Å². The molecule has 2 aliphatic rings. The van der Waals surface area contributed by atoms with Gasteiger partial charge in [0.2, 0.25) is 5.91 Å². The topological polar surface area (TPSA) is 157 Å². The first-order valence-electron chi connectivity index (χ1n) is 10.6. The number of carbonyl (C=O) groups is 2. The van der Waals surface area contributed by atoms with Crippen LogP contribution in [0.3, 0.4) is 0 Å². The van der Waals surface area contributed by atoms with Crippen LogP contribution in [0.4, 0.5) is 11.5 Å². The number of pyridine rings is 1. The summed E-state index contributed by atoms with van der Waals surface area (Å²) >= 11 is 0. The summed E-state index contributed by atoms with van der Waals surface area (Å²) in [7, 11) is 0. The predicted octanol–water partition coefficient (Wildman–Crippen LogP) is 0.963. The minimum Gasteiger partial charge on any atom is -0.377 e. The maximum absolute atomic E-state index is 11.9. The molecule has 0 bridgehead atoms. The van der Waals surface area contributed by atoms with Gasteiger partial charge in [-0.05, 0) is 18.9 Å². The van der Waals surface area contributed by atoms with E-state index in [2.05, 4.69) is 31.7 Å². The Balaban J connectivity index is 1.49. The van der Waals surface area contributed by atoms with E-state index in [-0.39, 0.29) is 24.1 Å². The van der Waals surface area contributed by atoms with Crippen LogP contribution in [0.5, 0.6) is 0 Å². The highest BCUT2D eigenvalue weighted by Crippen LogP contribution is 2.30. The second-order valence-corrected chi connectivity index (χ2v) is 7.88. The second kappa shape index (κ2) is 10.1. The monoisotopic (exact) mass is 446 g/mol. The third-order valence-electron chi connectivity index (χ3n) is 5.47. The van der Waals surface area contributed by atoms with Crippen molar-refractivity contribution in [3.8, 4) is 23.4 Å². The van der Waals surface area contributed by atoms with Crippen molar-refractivity contribution in [1.82, 2.24) is 19.9 Å². The van der Waals surface area contributed by atoms with Crippen molar-refractivity contribution < 1.29 is 14.3 Å². The number of aldehydes is 1. The van der Waals surface area contributed by atoms with Gasteiger partial charge in [0.25, 0.3) is 0 Å². The van der Waals surface area contributed by atoms with Crippen molar-refractivity contribution in [2.45, 2.75) is 24.9 Å². The molecule has 11 nitrogen and oxygen atoms in total. The van der Waals surface area contributed by atoms with E-state index in [4.69, 9.17) is 4.74 Å². The summed E-state index contributed by atoms with van der Waals surface area (Å²) in [6.07, 6.45) is 7.02. The van der Waals surface area contributed by atoms with E-state index < -0.39 is 12.1 Å². The number of hydrogen-bond acceptors (Lipinski definition) is 10. The third kappa shape index (κ3) is 5.47. The van der Waals surface area contributed by atoms with Gasteiger partial charge in [0, 0.05) is 30.8 Å². The fourth-order valence-electron chi connectivity index (χ4n) is 3.47. The Morgan fingerprint density at radius 2 is 2.12 bits per heavy atom. The molecule has 2 fully saturated rings. The Kier molecular flexibility index (Phi) is 6.83. The van der Waals surface area contributed by atoms with Gasteiger partial charge in [-0.2, -0.15) is 10.5 Å².